The van der Waals surface area contributed by atoms with Crippen LogP contribution < -0.4 is 5.73 Å². The number of esters is 1. The Morgan fingerprint density at radius 1 is 1.28 bits per heavy atom. The molecule has 0 radical (unpaired) electrons. The van der Waals surface area contributed by atoms with Gasteiger partial charge in [0.05, 0.1) is 12.2 Å². The van der Waals surface area contributed by atoms with Gasteiger partial charge in [0.25, 0.3) is 0 Å². The van der Waals surface area contributed by atoms with E-state index in [1.54, 1.807) is 0 Å². The Kier molecular flexibility index (Phi) is 5.76. The van der Waals surface area contributed by atoms with Gasteiger partial charge in [-0.15, -0.1) is 0 Å². The Morgan fingerprint density at radius 2 is 1.96 bits per heavy atom. The van der Waals surface area contributed by atoms with E-state index < -0.39 is 11.9 Å². The number of carboxylic acid groups (broad SMARTS) is 2. The predicted molar refractivity (Wildman–Crippen MR) is 89.5 cm³/mol. The average Bonchev–Trinajstić information content (AvgIpc) is 2.92. The molecule has 3 rings (SSSR count). The molecular formula is C17H20N2O6. The summed E-state index contributed by atoms with van der Waals surface area (Å²) in [6.07, 6.45) is 2.88. The third-order valence-corrected chi connectivity index (χ3v) is 3.92. The maximum absolute atomic E-state index is 11.8. The molecule has 1 heterocycles. The Balaban J connectivity index is 0.000000326. The summed E-state index contributed by atoms with van der Waals surface area (Å²) < 4.78 is 5.04. The minimum absolute atomic E-state index is 0.220. The van der Waals surface area contributed by atoms with Crippen molar-refractivity contribution in [2.75, 3.05) is 6.61 Å². The lowest BCUT2D eigenvalue weighted by atomic mass is 9.92. The van der Waals surface area contributed by atoms with Crippen molar-refractivity contribution >= 4 is 28.8 Å². The first kappa shape index (κ1) is 18.5. The van der Waals surface area contributed by atoms with E-state index in [0.29, 0.717) is 12.2 Å². The van der Waals surface area contributed by atoms with Gasteiger partial charge in [-0.3, -0.25) is 0 Å². The number of aromatic amines is 1. The fraction of sp³-hybridized carbons (Fsp3) is 0.353. The molecule has 1 aromatic carbocycles. The Bertz CT molecular complexity index is 799. The van der Waals surface area contributed by atoms with Gasteiger partial charge in [-0.2, -0.15) is 0 Å². The number of nitrogens with one attached hydrogen (secondary N) is 1. The van der Waals surface area contributed by atoms with Gasteiger partial charge < -0.3 is 25.7 Å². The topological polar surface area (TPSA) is 143 Å². The molecule has 0 saturated carbocycles. The van der Waals surface area contributed by atoms with Gasteiger partial charge in [0.2, 0.25) is 0 Å². The van der Waals surface area contributed by atoms with Gasteiger partial charge in [0.1, 0.15) is 0 Å². The molecule has 1 aliphatic carbocycles. The van der Waals surface area contributed by atoms with Crippen LogP contribution >= 0.6 is 0 Å². The second-order valence-corrected chi connectivity index (χ2v) is 5.68. The normalized spacial score (nSPS) is 15.7. The summed E-state index contributed by atoms with van der Waals surface area (Å²) in [7, 11) is 0. The third-order valence-electron chi connectivity index (χ3n) is 3.92. The number of aromatic nitrogens is 1. The van der Waals surface area contributed by atoms with Crippen molar-refractivity contribution < 1.29 is 29.3 Å². The van der Waals surface area contributed by atoms with Crippen LogP contribution in [0.3, 0.4) is 0 Å². The molecule has 25 heavy (non-hydrogen) atoms. The molecular weight excluding hydrogens is 328 g/mol. The molecule has 0 bridgehead atoms. The van der Waals surface area contributed by atoms with Crippen LogP contribution in [0.4, 0.5) is 0 Å². The fourth-order valence-corrected chi connectivity index (χ4v) is 2.79. The number of H-pyrrole nitrogens is 1. The highest BCUT2D eigenvalue weighted by molar-refractivity contribution is 6.27. The molecule has 8 nitrogen and oxygen atoms in total. The monoisotopic (exact) mass is 348 g/mol. The smallest absolute Gasteiger partial charge is 0.414 e. The number of carboxylic acids is 2. The zero-order chi connectivity index (χ0) is 18.6. The summed E-state index contributed by atoms with van der Waals surface area (Å²) in [5.41, 5.74) is 10.2. The number of hydrogen-bond acceptors (Lipinski definition) is 5. The lowest BCUT2D eigenvalue weighted by Gasteiger charge is -2.18. The Morgan fingerprint density at radius 3 is 2.56 bits per heavy atom. The van der Waals surface area contributed by atoms with Crippen molar-refractivity contribution in [1.29, 1.82) is 0 Å². The number of benzene rings is 1. The quantitative estimate of drug-likeness (QED) is 0.473. The molecule has 1 atom stereocenters. The first-order valence-corrected chi connectivity index (χ1v) is 7.85. The standard InChI is InChI=1S/C15H18N2O2.C2H2O4/c1-2-19-15(18)9-3-5-13-11(7-9)12-8-10(16)4-6-14(12)17-13;3-1(4)2(5)6/h3,5,7,10,17H,2,4,6,8,16H2,1H3;(H,3,4)(H,5,6). The third kappa shape index (κ3) is 4.36. The molecule has 0 saturated heterocycles. The lowest BCUT2D eigenvalue weighted by Crippen LogP contribution is -2.27. The number of aryl methyl sites for hydroxylation is 1. The Labute approximate surface area is 143 Å². The molecule has 8 heteroatoms. The van der Waals surface area contributed by atoms with Crippen LogP contribution in [0.25, 0.3) is 10.9 Å². The minimum atomic E-state index is -1.82. The van der Waals surface area contributed by atoms with Gasteiger partial charge in [-0.05, 0) is 49.9 Å². The van der Waals surface area contributed by atoms with Crippen molar-refractivity contribution in [2.45, 2.75) is 32.2 Å². The second kappa shape index (κ2) is 7.80. The number of hydrogen-bond donors (Lipinski definition) is 4. The van der Waals surface area contributed by atoms with Crippen molar-refractivity contribution in [3.63, 3.8) is 0 Å². The van der Waals surface area contributed by atoms with Crippen molar-refractivity contribution in [3.05, 3.63) is 35.0 Å². The van der Waals surface area contributed by atoms with Crippen molar-refractivity contribution in [3.8, 4) is 0 Å². The van der Waals surface area contributed by atoms with E-state index in [0.717, 1.165) is 30.2 Å². The van der Waals surface area contributed by atoms with E-state index in [1.807, 2.05) is 25.1 Å². The van der Waals surface area contributed by atoms with Gasteiger partial charge >= 0.3 is 17.9 Å². The largest absolute Gasteiger partial charge is 0.473 e. The number of carbonyl (C=O) groups is 3. The highest BCUT2D eigenvalue weighted by Crippen LogP contribution is 2.29. The Hall–Kier alpha value is -2.87. The van der Waals surface area contributed by atoms with E-state index >= 15 is 0 Å². The molecule has 2 aromatic rings. The lowest BCUT2D eigenvalue weighted by molar-refractivity contribution is -0.159. The highest BCUT2D eigenvalue weighted by Gasteiger charge is 2.20. The summed E-state index contributed by atoms with van der Waals surface area (Å²) in [5, 5.41) is 15.9. The van der Waals surface area contributed by atoms with Gasteiger partial charge in [0, 0.05) is 22.6 Å². The number of fused-ring (bicyclic) bond motifs is 3. The van der Waals surface area contributed by atoms with Crippen molar-refractivity contribution in [1.82, 2.24) is 4.98 Å². The fourth-order valence-electron chi connectivity index (χ4n) is 2.79. The van der Waals surface area contributed by atoms with Crippen LogP contribution in [0, 0.1) is 0 Å². The second-order valence-electron chi connectivity index (χ2n) is 5.68. The molecule has 1 aliphatic rings. The SMILES string of the molecule is CCOC(=O)c1ccc2[nH]c3c(c2c1)CC(N)CC3.O=C(O)C(=O)O. The summed E-state index contributed by atoms with van der Waals surface area (Å²) in [4.78, 5) is 33.4. The van der Waals surface area contributed by atoms with E-state index in [1.165, 1.54) is 11.3 Å². The molecule has 0 aliphatic heterocycles. The van der Waals surface area contributed by atoms with Gasteiger partial charge in [-0.25, -0.2) is 14.4 Å². The van der Waals surface area contributed by atoms with E-state index in [2.05, 4.69) is 4.98 Å². The number of aliphatic carboxylic acids is 2. The van der Waals surface area contributed by atoms with Crippen LogP contribution in [0.1, 0.15) is 35.0 Å². The summed E-state index contributed by atoms with van der Waals surface area (Å²) in [5.74, 6) is -3.91. The van der Waals surface area contributed by atoms with Crippen molar-refractivity contribution in [2.24, 2.45) is 5.73 Å². The molecule has 1 aromatic heterocycles. The maximum atomic E-state index is 11.8. The summed E-state index contributed by atoms with van der Waals surface area (Å²) in [6.45, 7) is 2.21. The summed E-state index contributed by atoms with van der Waals surface area (Å²) >= 11 is 0. The number of nitrogens with two attached hydrogens (primary N) is 1. The van der Waals surface area contributed by atoms with Crippen LogP contribution in [0.5, 0.6) is 0 Å². The van der Waals surface area contributed by atoms with Crippen LogP contribution in [0.2, 0.25) is 0 Å². The number of rotatable bonds is 2. The van der Waals surface area contributed by atoms with E-state index in [4.69, 9.17) is 30.3 Å². The number of ether oxygens (including phenoxy) is 1. The molecule has 0 amide bonds. The zero-order valence-electron chi connectivity index (χ0n) is 13.7. The molecule has 1 unspecified atom stereocenters. The van der Waals surface area contributed by atoms with Gasteiger partial charge in [-0.1, -0.05) is 0 Å². The van der Waals surface area contributed by atoms with Crippen LogP contribution in [-0.4, -0.2) is 45.8 Å². The predicted octanol–water partition coefficient (Wildman–Crippen LogP) is 1.32. The first-order valence-electron chi connectivity index (χ1n) is 7.85. The first-order chi connectivity index (χ1) is 11.8. The summed E-state index contributed by atoms with van der Waals surface area (Å²) in [6, 6.07) is 5.90. The zero-order valence-corrected chi connectivity index (χ0v) is 13.7. The maximum Gasteiger partial charge on any atom is 0.414 e. The average molecular weight is 348 g/mol. The van der Waals surface area contributed by atoms with Crippen LogP contribution in [0.15, 0.2) is 18.2 Å². The minimum Gasteiger partial charge on any atom is -0.473 e. The molecule has 134 valence electrons. The molecule has 0 fully saturated rings. The highest BCUT2D eigenvalue weighted by atomic mass is 16.5. The van der Waals surface area contributed by atoms with E-state index in [9.17, 15) is 4.79 Å². The van der Waals surface area contributed by atoms with Crippen LogP contribution in [-0.2, 0) is 27.2 Å². The number of carbonyl (C=O) groups excluding carboxylic acids is 1. The molecule has 0 spiro atoms. The molecule has 5 N–H and O–H groups in total. The van der Waals surface area contributed by atoms with E-state index in [-0.39, 0.29) is 12.0 Å². The van der Waals surface area contributed by atoms with Gasteiger partial charge in [0.15, 0.2) is 0 Å².